The first-order chi connectivity index (χ1) is 16.1. The Morgan fingerprint density at radius 3 is 1.20 bits per heavy atom. The quantitative estimate of drug-likeness (QED) is 0.168. The summed E-state index contributed by atoms with van der Waals surface area (Å²) in [7, 11) is -8.20. The molecule has 35 heavy (non-hydrogen) atoms. The van der Waals surface area contributed by atoms with E-state index in [1.807, 2.05) is 72.8 Å². The summed E-state index contributed by atoms with van der Waals surface area (Å²) in [6, 6.07) is 26.5. The molecule has 0 aliphatic rings. The van der Waals surface area contributed by atoms with Gasteiger partial charge in [-0.2, -0.15) is 0 Å². The van der Waals surface area contributed by atoms with Crippen molar-refractivity contribution in [3.8, 4) is 0 Å². The number of rotatable bonds is 6. The summed E-state index contributed by atoms with van der Waals surface area (Å²) in [6.45, 7) is 3.59. The van der Waals surface area contributed by atoms with Crippen molar-refractivity contribution in [2.24, 2.45) is 0 Å². The lowest BCUT2D eigenvalue weighted by molar-refractivity contribution is 0.355. The lowest BCUT2D eigenvalue weighted by Gasteiger charge is -2.18. The van der Waals surface area contributed by atoms with E-state index in [2.05, 4.69) is 0 Å². The monoisotopic (exact) mass is 524 g/mol. The highest BCUT2D eigenvalue weighted by molar-refractivity contribution is 7.52. The second-order valence-corrected chi connectivity index (χ2v) is 11.8. The molecule has 2 unspecified atom stereocenters. The van der Waals surface area contributed by atoms with E-state index in [9.17, 15) is 28.7 Å². The number of benzene rings is 4. The van der Waals surface area contributed by atoms with E-state index in [1.165, 1.54) is 0 Å². The summed E-state index contributed by atoms with van der Waals surface area (Å²) >= 11 is 0. The molecule has 0 aliphatic carbocycles. The Hall–Kier alpha value is -1.53. The molecule has 6 nitrogen and oxygen atoms in total. The van der Waals surface area contributed by atoms with Crippen molar-refractivity contribution in [2.45, 2.75) is 38.0 Å². The predicted molar refractivity (Wildman–Crippen MR) is 144 cm³/mol. The molecule has 0 heterocycles. The van der Waals surface area contributed by atoms with Gasteiger partial charge in [-0.1, -0.05) is 98.8 Å². The number of hydrogen-bond acceptors (Lipinski definition) is 2. The van der Waals surface area contributed by atoms with Gasteiger partial charge in [-0.3, -0.25) is 9.13 Å². The molecule has 9 heteroatoms. The van der Waals surface area contributed by atoms with Gasteiger partial charge in [0.2, 0.25) is 0 Å². The van der Waals surface area contributed by atoms with Gasteiger partial charge in [-0.15, -0.1) is 0 Å². The molecule has 0 saturated carbocycles. The van der Waals surface area contributed by atoms with E-state index in [-0.39, 0.29) is 23.1 Å². The van der Waals surface area contributed by atoms with Crippen LogP contribution >= 0.6 is 15.2 Å². The van der Waals surface area contributed by atoms with E-state index in [0.29, 0.717) is 12.8 Å². The van der Waals surface area contributed by atoms with Crippen molar-refractivity contribution in [1.29, 1.82) is 0 Å². The number of hydrogen-bond donors (Lipinski definition) is 4. The van der Waals surface area contributed by atoms with Crippen LogP contribution in [0.2, 0.25) is 0 Å². The molecule has 182 valence electrons. The molecule has 0 aliphatic heterocycles. The van der Waals surface area contributed by atoms with E-state index < -0.39 is 26.5 Å². The largest absolute Gasteiger partial charge is 0.332 e. The summed E-state index contributed by atoms with van der Waals surface area (Å²) in [5.41, 5.74) is 0.0417. The van der Waals surface area contributed by atoms with Gasteiger partial charge >= 0.3 is 15.2 Å². The molecule has 4 N–H and O–H groups in total. The van der Waals surface area contributed by atoms with E-state index in [1.54, 1.807) is 26.0 Å². The highest BCUT2D eigenvalue weighted by Gasteiger charge is 2.30. The van der Waals surface area contributed by atoms with Crippen molar-refractivity contribution in [1.82, 2.24) is 0 Å². The van der Waals surface area contributed by atoms with Gasteiger partial charge in [0.15, 0.2) is 0 Å². The summed E-state index contributed by atoms with van der Waals surface area (Å²) in [5.74, 6) is 0. The van der Waals surface area contributed by atoms with Crippen LogP contribution in [0.15, 0.2) is 84.9 Å². The highest BCUT2D eigenvalue weighted by Crippen LogP contribution is 2.55. The lowest BCUT2D eigenvalue weighted by atomic mass is 10.0. The molecule has 4 aromatic carbocycles. The topological polar surface area (TPSA) is 115 Å². The molecular formula is C26H30MgO6P2. The minimum Gasteiger partial charge on any atom is -0.324 e. The van der Waals surface area contributed by atoms with Crippen LogP contribution in [-0.2, 0) is 9.13 Å². The third kappa shape index (κ3) is 7.25. The Kier molecular flexibility index (Phi) is 10.7. The smallest absolute Gasteiger partial charge is 0.324 e. The fourth-order valence-electron chi connectivity index (χ4n) is 4.36. The normalized spacial score (nSPS) is 13.4. The van der Waals surface area contributed by atoms with Crippen molar-refractivity contribution in [3.05, 3.63) is 96.1 Å². The molecule has 0 amide bonds. The second-order valence-electron chi connectivity index (χ2n) is 8.16. The fraction of sp³-hybridized carbons (Fsp3) is 0.231. The van der Waals surface area contributed by atoms with Crippen molar-refractivity contribution in [2.75, 3.05) is 0 Å². The van der Waals surface area contributed by atoms with Gasteiger partial charge in [0, 0.05) is 23.1 Å². The summed E-state index contributed by atoms with van der Waals surface area (Å²) < 4.78 is 23.0. The van der Waals surface area contributed by atoms with Crippen molar-refractivity contribution in [3.63, 3.8) is 0 Å². The first-order valence-electron chi connectivity index (χ1n) is 11.1. The minimum atomic E-state index is -4.10. The van der Waals surface area contributed by atoms with Crippen LogP contribution in [0, 0.1) is 0 Å². The Balaban J connectivity index is 0.000000240. The zero-order chi connectivity index (χ0) is 24.9. The molecule has 0 fully saturated rings. The first kappa shape index (κ1) is 29.7. The third-order valence-electron chi connectivity index (χ3n) is 5.95. The Labute approximate surface area is 221 Å². The minimum absolute atomic E-state index is 0. The van der Waals surface area contributed by atoms with Crippen LogP contribution in [0.25, 0.3) is 21.5 Å². The van der Waals surface area contributed by atoms with Crippen LogP contribution < -0.4 is 0 Å². The van der Waals surface area contributed by atoms with Gasteiger partial charge in [0.25, 0.3) is 0 Å². The average molecular weight is 525 g/mol. The molecule has 0 bridgehead atoms. The number of fused-ring (bicyclic) bond motifs is 2. The van der Waals surface area contributed by atoms with Crippen LogP contribution in [-0.4, -0.2) is 42.6 Å². The van der Waals surface area contributed by atoms with Crippen LogP contribution in [0.5, 0.6) is 0 Å². The Bertz CT molecular complexity index is 1250. The highest BCUT2D eigenvalue weighted by atomic mass is 31.2. The lowest BCUT2D eigenvalue weighted by Crippen LogP contribution is -1.99. The maximum absolute atomic E-state index is 11.5. The van der Waals surface area contributed by atoms with Crippen molar-refractivity contribution >= 4 is 59.8 Å². The molecule has 4 rings (SSSR count). The maximum Gasteiger partial charge on any atom is 0.332 e. The molecule has 2 atom stereocenters. The first-order valence-corrected chi connectivity index (χ1v) is 14.5. The zero-order valence-electron chi connectivity index (χ0n) is 19.9. The summed E-state index contributed by atoms with van der Waals surface area (Å²) in [4.78, 5) is 37.6. The van der Waals surface area contributed by atoms with Gasteiger partial charge in [0.1, 0.15) is 0 Å². The zero-order valence-corrected chi connectivity index (χ0v) is 23.1. The van der Waals surface area contributed by atoms with Gasteiger partial charge < -0.3 is 19.6 Å². The van der Waals surface area contributed by atoms with Gasteiger partial charge in [-0.05, 0) is 45.5 Å². The Morgan fingerprint density at radius 2 is 0.886 bits per heavy atom. The van der Waals surface area contributed by atoms with E-state index in [4.69, 9.17) is 0 Å². The van der Waals surface area contributed by atoms with Gasteiger partial charge in [0.05, 0.1) is 11.3 Å². The van der Waals surface area contributed by atoms with Gasteiger partial charge in [-0.25, -0.2) is 0 Å². The predicted octanol–water partition coefficient (Wildman–Crippen LogP) is 6.56. The fourth-order valence-corrected chi connectivity index (χ4v) is 6.49. The molecule has 0 saturated heterocycles. The second kappa shape index (κ2) is 12.6. The summed E-state index contributed by atoms with van der Waals surface area (Å²) in [6.07, 6.45) is 0.858. The molecule has 4 aromatic rings. The standard InChI is InChI=1S/2C13H15O3P.Mg/c2*1-2-13(17(14,15)16)12-9-5-7-10-6-3-4-8-11(10)12;/h2*3-9,13H,2H2,1H3,(H2,14,15,16);. The maximum atomic E-state index is 11.5. The van der Waals surface area contributed by atoms with Crippen molar-refractivity contribution < 1.29 is 28.7 Å². The molecule has 0 aromatic heterocycles. The van der Waals surface area contributed by atoms with Crippen LogP contribution in [0.3, 0.4) is 0 Å². The molecule has 0 spiro atoms. The molecular weight excluding hydrogens is 495 g/mol. The van der Waals surface area contributed by atoms with Crippen LogP contribution in [0.4, 0.5) is 0 Å². The SMILES string of the molecule is CCC(c1cccc2ccccc12)P(=O)(O)O.CCC(c1cccc2ccccc12)P(=O)(O)O.[Mg]. The van der Waals surface area contributed by atoms with E-state index in [0.717, 1.165) is 32.7 Å². The average Bonchev–Trinajstić information content (AvgIpc) is 2.79. The third-order valence-corrected chi connectivity index (χ3v) is 8.86. The Morgan fingerprint density at radius 1 is 0.571 bits per heavy atom. The van der Waals surface area contributed by atoms with Crippen LogP contribution in [0.1, 0.15) is 49.1 Å². The summed E-state index contributed by atoms with van der Waals surface area (Å²) in [5, 5.41) is 3.86. The van der Waals surface area contributed by atoms with E-state index >= 15 is 0 Å². The molecule has 2 radical (unpaired) electrons.